The second-order valence-electron chi connectivity index (χ2n) is 2.99. The van der Waals surface area contributed by atoms with Crippen molar-refractivity contribution in [3.63, 3.8) is 0 Å². The Morgan fingerprint density at radius 3 is 3.08 bits per heavy atom. The van der Waals surface area contributed by atoms with Crippen LogP contribution in [0.2, 0.25) is 5.02 Å². The van der Waals surface area contributed by atoms with Gasteiger partial charge in [-0.15, -0.1) is 0 Å². The smallest absolute Gasteiger partial charge is 0.143 e. The van der Waals surface area contributed by atoms with E-state index >= 15 is 0 Å². The fourth-order valence-corrected chi connectivity index (χ4v) is 1.74. The van der Waals surface area contributed by atoms with Gasteiger partial charge in [0.25, 0.3) is 0 Å². The van der Waals surface area contributed by atoms with Crippen molar-refractivity contribution in [2.24, 2.45) is 0 Å². The molecule has 2 rings (SSSR count). The van der Waals surface area contributed by atoms with Crippen molar-refractivity contribution in [2.75, 3.05) is 6.61 Å². The van der Waals surface area contributed by atoms with Crippen LogP contribution in [0.4, 0.5) is 0 Å². The summed E-state index contributed by atoms with van der Waals surface area (Å²) in [6, 6.07) is 3.73. The first-order valence-corrected chi connectivity index (χ1v) is 4.17. The zero-order valence-electron chi connectivity index (χ0n) is 6.67. The fraction of sp³-hybridized carbons (Fsp3) is 0.333. The summed E-state index contributed by atoms with van der Waals surface area (Å²) in [5, 5.41) is 10.0. The topological polar surface area (TPSA) is 29.5 Å². The van der Waals surface area contributed by atoms with Gasteiger partial charge in [-0.2, -0.15) is 0 Å². The van der Waals surface area contributed by atoms with Gasteiger partial charge in [-0.05, 0) is 24.6 Å². The van der Waals surface area contributed by atoms with Crippen LogP contribution in [0.25, 0.3) is 0 Å². The normalized spacial score (nSPS) is 20.4. The Morgan fingerprint density at radius 2 is 2.33 bits per heavy atom. The zero-order valence-corrected chi connectivity index (χ0v) is 7.43. The van der Waals surface area contributed by atoms with Gasteiger partial charge < -0.3 is 9.84 Å². The third-order valence-electron chi connectivity index (χ3n) is 1.96. The number of fused-ring (bicyclic) bond motifs is 1. The Hall–Kier alpha value is -0.730. The predicted molar refractivity (Wildman–Crippen MR) is 46.6 cm³/mol. The number of hydrogen-bond acceptors (Lipinski definition) is 2. The van der Waals surface area contributed by atoms with E-state index in [1.54, 1.807) is 0 Å². The lowest BCUT2D eigenvalue weighted by Gasteiger charge is -2.03. The molecule has 1 N–H and O–H groups in total. The maximum atomic E-state index is 9.45. The largest absolute Gasteiger partial charge is 0.489 e. The molecule has 1 atom stereocenters. The van der Waals surface area contributed by atoms with Crippen LogP contribution in [-0.4, -0.2) is 11.7 Å². The summed E-state index contributed by atoms with van der Waals surface area (Å²) < 4.78 is 5.21. The summed E-state index contributed by atoms with van der Waals surface area (Å²) in [7, 11) is 0. The first-order valence-electron chi connectivity index (χ1n) is 3.79. The fourth-order valence-electron chi connectivity index (χ4n) is 1.41. The molecular formula is C9H9ClO2. The van der Waals surface area contributed by atoms with Crippen LogP contribution < -0.4 is 4.74 Å². The van der Waals surface area contributed by atoms with E-state index in [1.807, 2.05) is 19.1 Å². The van der Waals surface area contributed by atoms with Gasteiger partial charge in [-0.25, -0.2) is 0 Å². The van der Waals surface area contributed by atoms with Crippen LogP contribution in [-0.2, 0) is 0 Å². The van der Waals surface area contributed by atoms with Crippen LogP contribution in [0.3, 0.4) is 0 Å². The van der Waals surface area contributed by atoms with E-state index in [-0.39, 0.29) is 0 Å². The van der Waals surface area contributed by atoms with Gasteiger partial charge in [0, 0.05) is 5.56 Å². The number of ether oxygens (including phenoxy) is 1. The average molecular weight is 185 g/mol. The lowest BCUT2D eigenvalue weighted by atomic mass is 10.1. The highest BCUT2D eigenvalue weighted by molar-refractivity contribution is 6.32. The monoisotopic (exact) mass is 184 g/mol. The van der Waals surface area contributed by atoms with E-state index in [1.165, 1.54) is 0 Å². The number of halogens is 1. The standard InChI is InChI=1S/C9H9ClO2/c1-5-2-6-8(11)4-12-9(6)7(10)3-5/h2-3,8,11H,4H2,1H3. The van der Waals surface area contributed by atoms with E-state index < -0.39 is 6.10 Å². The summed E-state index contributed by atoms with van der Waals surface area (Å²) >= 11 is 5.90. The highest BCUT2D eigenvalue weighted by Gasteiger charge is 2.24. The van der Waals surface area contributed by atoms with Crippen molar-refractivity contribution in [1.82, 2.24) is 0 Å². The molecule has 1 aromatic rings. The van der Waals surface area contributed by atoms with Crippen molar-refractivity contribution in [1.29, 1.82) is 0 Å². The van der Waals surface area contributed by atoms with Crippen molar-refractivity contribution in [3.05, 3.63) is 28.3 Å². The zero-order chi connectivity index (χ0) is 8.72. The van der Waals surface area contributed by atoms with Gasteiger partial charge in [0.15, 0.2) is 0 Å². The number of benzene rings is 1. The number of aryl methyl sites for hydroxylation is 1. The van der Waals surface area contributed by atoms with Gasteiger partial charge in [-0.3, -0.25) is 0 Å². The third kappa shape index (κ3) is 1.08. The number of hydrogen-bond donors (Lipinski definition) is 1. The molecule has 0 saturated carbocycles. The molecule has 0 radical (unpaired) electrons. The molecule has 0 aliphatic carbocycles. The summed E-state index contributed by atoms with van der Waals surface area (Å²) in [4.78, 5) is 0. The van der Waals surface area contributed by atoms with Gasteiger partial charge in [0.05, 0.1) is 5.02 Å². The van der Waals surface area contributed by atoms with E-state index in [2.05, 4.69) is 0 Å². The summed E-state index contributed by atoms with van der Waals surface area (Å²) in [5.74, 6) is 0.634. The molecule has 0 bridgehead atoms. The Labute approximate surface area is 75.7 Å². The second-order valence-corrected chi connectivity index (χ2v) is 3.40. The van der Waals surface area contributed by atoms with Gasteiger partial charge in [-0.1, -0.05) is 11.6 Å². The van der Waals surface area contributed by atoms with Crippen LogP contribution in [0.1, 0.15) is 17.2 Å². The third-order valence-corrected chi connectivity index (χ3v) is 2.24. The first kappa shape index (κ1) is 7.90. The SMILES string of the molecule is Cc1cc(Cl)c2c(c1)C(O)CO2. The van der Waals surface area contributed by atoms with Crippen LogP contribution in [0.5, 0.6) is 5.75 Å². The molecule has 64 valence electrons. The molecule has 12 heavy (non-hydrogen) atoms. The number of aliphatic hydroxyl groups is 1. The molecule has 3 heteroatoms. The predicted octanol–water partition coefficient (Wildman–Crippen LogP) is 2.07. The molecule has 0 amide bonds. The minimum atomic E-state index is -0.516. The van der Waals surface area contributed by atoms with Crippen molar-refractivity contribution in [2.45, 2.75) is 13.0 Å². The Bertz CT molecular complexity index is 323. The molecule has 1 aliphatic heterocycles. The van der Waals surface area contributed by atoms with Crippen molar-refractivity contribution < 1.29 is 9.84 Å². The van der Waals surface area contributed by atoms with Gasteiger partial charge in [0.2, 0.25) is 0 Å². The van der Waals surface area contributed by atoms with Gasteiger partial charge >= 0.3 is 0 Å². The molecule has 1 aromatic carbocycles. The molecule has 1 aliphatic rings. The van der Waals surface area contributed by atoms with Gasteiger partial charge in [0.1, 0.15) is 18.5 Å². The minimum absolute atomic E-state index is 0.318. The molecule has 1 unspecified atom stereocenters. The molecule has 1 heterocycles. The summed E-state index contributed by atoms with van der Waals surface area (Å²) in [6.07, 6.45) is -0.516. The van der Waals surface area contributed by atoms with E-state index in [4.69, 9.17) is 16.3 Å². The Morgan fingerprint density at radius 1 is 1.58 bits per heavy atom. The van der Waals surface area contributed by atoms with Crippen LogP contribution in [0, 0.1) is 6.92 Å². The average Bonchev–Trinajstić information content (AvgIpc) is 2.33. The lowest BCUT2D eigenvalue weighted by molar-refractivity contribution is 0.140. The quantitative estimate of drug-likeness (QED) is 0.669. The molecule has 0 saturated heterocycles. The lowest BCUT2D eigenvalue weighted by Crippen LogP contribution is -1.97. The molecule has 2 nitrogen and oxygen atoms in total. The van der Waals surface area contributed by atoms with Crippen LogP contribution >= 0.6 is 11.6 Å². The molecule has 0 aromatic heterocycles. The second kappa shape index (κ2) is 2.64. The van der Waals surface area contributed by atoms with Crippen molar-refractivity contribution >= 4 is 11.6 Å². The number of rotatable bonds is 0. The first-order chi connectivity index (χ1) is 5.68. The highest BCUT2D eigenvalue weighted by Crippen LogP contribution is 2.38. The summed E-state index contributed by atoms with van der Waals surface area (Å²) in [6.45, 7) is 2.26. The molecule has 0 fully saturated rings. The Balaban J connectivity index is 2.60. The molecular weight excluding hydrogens is 176 g/mol. The van der Waals surface area contributed by atoms with Crippen molar-refractivity contribution in [3.8, 4) is 5.75 Å². The number of aliphatic hydroxyl groups excluding tert-OH is 1. The highest BCUT2D eigenvalue weighted by atomic mass is 35.5. The minimum Gasteiger partial charge on any atom is -0.489 e. The van der Waals surface area contributed by atoms with E-state index in [0.717, 1.165) is 11.1 Å². The molecule has 0 spiro atoms. The maximum absolute atomic E-state index is 9.45. The van der Waals surface area contributed by atoms with E-state index in [0.29, 0.717) is 17.4 Å². The van der Waals surface area contributed by atoms with E-state index in [9.17, 15) is 5.11 Å². The Kier molecular flexibility index (Phi) is 1.74. The summed E-state index contributed by atoms with van der Waals surface area (Å²) in [5.41, 5.74) is 1.85. The maximum Gasteiger partial charge on any atom is 0.143 e. The van der Waals surface area contributed by atoms with Crippen LogP contribution in [0.15, 0.2) is 12.1 Å².